The lowest BCUT2D eigenvalue weighted by Gasteiger charge is -2.35. The minimum atomic E-state index is 0.195. The lowest BCUT2D eigenvalue weighted by atomic mass is 9.92. The van der Waals surface area contributed by atoms with Crippen molar-refractivity contribution in [2.75, 3.05) is 0 Å². The summed E-state index contributed by atoms with van der Waals surface area (Å²) in [6, 6.07) is 0. The molecule has 4 heteroatoms. The Balaban J connectivity index is 1.80. The molecule has 0 aromatic carbocycles. The second-order valence-electron chi connectivity index (χ2n) is 5.68. The molecule has 0 aliphatic heterocycles. The topological polar surface area (TPSA) is 44.2 Å². The van der Waals surface area contributed by atoms with Crippen molar-refractivity contribution in [2.24, 2.45) is 5.92 Å². The van der Waals surface area contributed by atoms with Gasteiger partial charge in [0.15, 0.2) is 0 Å². The molecule has 0 bridgehead atoms. The predicted molar refractivity (Wildman–Crippen MR) is 77.4 cm³/mol. The van der Waals surface area contributed by atoms with E-state index in [-0.39, 0.29) is 12.2 Å². The maximum atomic E-state index is 5.74. The van der Waals surface area contributed by atoms with Crippen LogP contribution >= 0.6 is 0 Å². The fraction of sp³-hybridized carbons (Fsp3) is 0.625. The molecule has 4 nitrogen and oxygen atoms in total. The summed E-state index contributed by atoms with van der Waals surface area (Å²) >= 11 is 0. The van der Waals surface area contributed by atoms with Gasteiger partial charge in [0.2, 0.25) is 5.88 Å². The quantitative estimate of drug-likeness (QED) is 0.792. The van der Waals surface area contributed by atoms with Crippen LogP contribution in [0.2, 0.25) is 0 Å². The molecule has 1 aromatic rings. The molecule has 1 aromatic heterocycles. The molecule has 20 heavy (non-hydrogen) atoms. The van der Waals surface area contributed by atoms with E-state index in [2.05, 4.69) is 35.7 Å². The molecule has 1 saturated carbocycles. The van der Waals surface area contributed by atoms with Crippen molar-refractivity contribution in [1.82, 2.24) is 9.97 Å². The van der Waals surface area contributed by atoms with Crippen molar-refractivity contribution >= 4 is 0 Å². The van der Waals surface area contributed by atoms with Crippen LogP contribution in [-0.2, 0) is 4.74 Å². The molecule has 2 rings (SSSR count). The average molecular weight is 274 g/mol. The van der Waals surface area contributed by atoms with Gasteiger partial charge in [0.05, 0.1) is 24.6 Å². The zero-order chi connectivity index (χ0) is 14.5. The van der Waals surface area contributed by atoms with Crippen LogP contribution in [0, 0.1) is 17.8 Å². The minimum Gasteiger partial charge on any atom is -0.473 e. The van der Waals surface area contributed by atoms with Gasteiger partial charge >= 0.3 is 0 Å². The van der Waals surface area contributed by atoms with Gasteiger partial charge in [-0.2, -0.15) is 0 Å². The fourth-order valence-electron chi connectivity index (χ4n) is 1.94. The molecule has 0 amide bonds. The maximum Gasteiger partial charge on any atom is 0.232 e. The van der Waals surface area contributed by atoms with Crippen molar-refractivity contribution in [1.29, 1.82) is 0 Å². The van der Waals surface area contributed by atoms with Gasteiger partial charge in [-0.15, -0.1) is 0 Å². The van der Waals surface area contributed by atoms with E-state index in [1.807, 2.05) is 13.8 Å². The predicted octanol–water partition coefficient (Wildman–Crippen LogP) is 2.82. The maximum absolute atomic E-state index is 5.74. The van der Waals surface area contributed by atoms with E-state index < -0.39 is 0 Å². The van der Waals surface area contributed by atoms with Gasteiger partial charge in [0.1, 0.15) is 11.8 Å². The van der Waals surface area contributed by atoms with Crippen molar-refractivity contribution in [3.05, 3.63) is 18.1 Å². The van der Waals surface area contributed by atoms with Crippen molar-refractivity contribution < 1.29 is 9.47 Å². The van der Waals surface area contributed by atoms with Crippen molar-refractivity contribution in [3.63, 3.8) is 0 Å². The van der Waals surface area contributed by atoms with Gasteiger partial charge in [0.25, 0.3) is 0 Å². The summed E-state index contributed by atoms with van der Waals surface area (Å²) in [6.45, 7) is 8.20. The Morgan fingerprint density at radius 3 is 2.40 bits per heavy atom. The minimum absolute atomic E-state index is 0.195. The smallest absolute Gasteiger partial charge is 0.232 e. The van der Waals surface area contributed by atoms with Crippen LogP contribution in [0.4, 0.5) is 0 Å². The molecule has 1 fully saturated rings. The molecule has 0 saturated heterocycles. The molecule has 1 aliphatic carbocycles. The SMILES string of the molecule is CC(C)C#Cc1cnc(OC2CC(OC(C)C)C2)cn1. The van der Waals surface area contributed by atoms with Crippen LogP contribution in [0.25, 0.3) is 0 Å². The molecule has 1 aliphatic rings. The Labute approximate surface area is 120 Å². The van der Waals surface area contributed by atoms with E-state index in [1.54, 1.807) is 12.4 Å². The first-order chi connectivity index (χ1) is 9.52. The van der Waals surface area contributed by atoms with Crippen LogP contribution in [0.15, 0.2) is 12.4 Å². The Bertz CT molecular complexity index is 479. The normalized spacial score (nSPS) is 21.3. The Morgan fingerprint density at radius 1 is 1.10 bits per heavy atom. The second kappa shape index (κ2) is 6.71. The van der Waals surface area contributed by atoms with E-state index >= 15 is 0 Å². The van der Waals surface area contributed by atoms with Crippen molar-refractivity contribution in [3.8, 4) is 17.7 Å². The van der Waals surface area contributed by atoms with E-state index in [4.69, 9.17) is 9.47 Å². The molecule has 0 N–H and O–H groups in total. The first kappa shape index (κ1) is 14.8. The van der Waals surface area contributed by atoms with Gasteiger partial charge in [0, 0.05) is 18.8 Å². The van der Waals surface area contributed by atoms with Crippen LogP contribution < -0.4 is 4.74 Å². The first-order valence-corrected chi connectivity index (χ1v) is 7.18. The highest BCUT2D eigenvalue weighted by atomic mass is 16.5. The van der Waals surface area contributed by atoms with E-state index in [9.17, 15) is 0 Å². The number of rotatable bonds is 4. The second-order valence-corrected chi connectivity index (χ2v) is 5.68. The summed E-state index contributed by atoms with van der Waals surface area (Å²) in [7, 11) is 0. The van der Waals surface area contributed by atoms with Crippen LogP contribution in [-0.4, -0.2) is 28.3 Å². The summed E-state index contributed by atoms with van der Waals surface area (Å²) < 4.78 is 11.4. The average Bonchev–Trinajstić information content (AvgIpc) is 2.34. The Morgan fingerprint density at radius 2 is 1.85 bits per heavy atom. The van der Waals surface area contributed by atoms with E-state index in [0.717, 1.165) is 12.8 Å². The third-order valence-corrected chi connectivity index (χ3v) is 2.92. The van der Waals surface area contributed by atoms with Gasteiger partial charge in [-0.3, -0.25) is 0 Å². The lowest BCUT2D eigenvalue weighted by molar-refractivity contribution is -0.0860. The van der Waals surface area contributed by atoms with E-state index in [0.29, 0.717) is 23.6 Å². The summed E-state index contributed by atoms with van der Waals surface area (Å²) in [4.78, 5) is 8.47. The molecular formula is C16H22N2O2. The van der Waals surface area contributed by atoms with Gasteiger partial charge in [-0.1, -0.05) is 19.8 Å². The monoisotopic (exact) mass is 274 g/mol. The van der Waals surface area contributed by atoms with Crippen LogP contribution in [0.3, 0.4) is 0 Å². The third kappa shape index (κ3) is 4.50. The zero-order valence-corrected chi connectivity index (χ0v) is 12.6. The van der Waals surface area contributed by atoms with Crippen molar-refractivity contribution in [2.45, 2.75) is 58.8 Å². The lowest BCUT2D eigenvalue weighted by Crippen LogP contribution is -2.40. The number of nitrogens with zero attached hydrogens (tertiary/aromatic N) is 2. The van der Waals surface area contributed by atoms with Crippen LogP contribution in [0.5, 0.6) is 5.88 Å². The summed E-state index contributed by atoms with van der Waals surface area (Å²) in [5.74, 6) is 6.94. The molecule has 1 heterocycles. The molecular weight excluding hydrogens is 252 g/mol. The number of aromatic nitrogens is 2. The molecule has 0 spiro atoms. The van der Waals surface area contributed by atoms with E-state index in [1.165, 1.54) is 0 Å². The third-order valence-electron chi connectivity index (χ3n) is 2.92. The van der Waals surface area contributed by atoms with Gasteiger partial charge in [-0.25, -0.2) is 9.97 Å². The molecule has 0 radical (unpaired) electrons. The largest absolute Gasteiger partial charge is 0.473 e. The number of hydrogen-bond donors (Lipinski definition) is 0. The highest BCUT2D eigenvalue weighted by Crippen LogP contribution is 2.28. The number of ether oxygens (including phenoxy) is 2. The molecule has 108 valence electrons. The Kier molecular flexibility index (Phi) is 4.97. The molecule has 0 atom stereocenters. The summed E-state index contributed by atoms with van der Waals surface area (Å²) in [5, 5.41) is 0. The standard InChI is InChI=1S/C16H22N2O2/c1-11(2)5-6-13-9-18-16(10-17-13)20-15-7-14(8-15)19-12(3)4/h9-12,14-15H,7-8H2,1-4H3. The van der Waals surface area contributed by atoms with Gasteiger partial charge in [-0.05, 0) is 19.8 Å². The number of hydrogen-bond acceptors (Lipinski definition) is 4. The highest BCUT2D eigenvalue weighted by Gasteiger charge is 2.32. The van der Waals surface area contributed by atoms with Crippen LogP contribution in [0.1, 0.15) is 46.2 Å². The zero-order valence-electron chi connectivity index (χ0n) is 12.6. The summed E-state index contributed by atoms with van der Waals surface area (Å²) in [6.07, 6.45) is 5.94. The summed E-state index contributed by atoms with van der Waals surface area (Å²) in [5.41, 5.74) is 0.681. The Hall–Kier alpha value is -1.60. The highest BCUT2D eigenvalue weighted by molar-refractivity contribution is 5.26. The first-order valence-electron chi connectivity index (χ1n) is 7.18. The fourth-order valence-corrected chi connectivity index (χ4v) is 1.94. The van der Waals surface area contributed by atoms with Gasteiger partial charge < -0.3 is 9.47 Å². The molecule has 0 unspecified atom stereocenters.